The van der Waals surface area contributed by atoms with E-state index in [0.717, 1.165) is 33.4 Å². The van der Waals surface area contributed by atoms with Gasteiger partial charge in [0.15, 0.2) is 7.85 Å². The van der Waals surface area contributed by atoms with Crippen LogP contribution in [0, 0.1) is 0 Å². The van der Waals surface area contributed by atoms with Crippen molar-refractivity contribution in [2.45, 2.75) is 10.6 Å². The molecule has 9 aromatic rings. The number of aromatic nitrogens is 2. The van der Waals surface area contributed by atoms with Crippen molar-refractivity contribution in [2.75, 3.05) is 0 Å². The molecule has 0 aliphatic heterocycles. The predicted octanol–water partition coefficient (Wildman–Crippen LogP) is 7.75. The van der Waals surface area contributed by atoms with Gasteiger partial charge >= 0.3 is 0 Å². The molecule has 0 fully saturated rings. The Kier molecular flexibility index (Phi) is 8.21. The lowest BCUT2D eigenvalue weighted by Crippen LogP contribution is -2.44. The Bertz CT molecular complexity index is 2780. The Labute approximate surface area is 320 Å². The quantitative estimate of drug-likeness (QED) is 0.137. The van der Waals surface area contributed by atoms with Crippen LogP contribution in [0.4, 0.5) is 0 Å². The van der Waals surface area contributed by atoms with E-state index in [9.17, 15) is 5.11 Å². The molecule has 1 heterocycles. The molecule has 3 nitrogen and oxygen atoms in total. The number of rotatable bonds is 7. The number of imidazole rings is 1. The second-order valence-electron chi connectivity index (χ2n) is 15.5. The average molecular weight is 690 g/mol. The molecule has 1 N–H and O–H groups in total. The number of nitrogens with zero attached hydrogens (tertiary/aromatic N) is 2. The van der Waals surface area contributed by atoms with Gasteiger partial charge < -0.3 is 5.11 Å². The monoisotopic (exact) mass is 690 g/mol. The van der Waals surface area contributed by atoms with Crippen LogP contribution in [0.3, 0.4) is 0 Å². The van der Waals surface area contributed by atoms with Crippen LogP contribution in [-0.4, -0.2) is 46.0 Å². The summed E-state index contributed by atoms with van der Waals surface area (Å²) in [5.41, 5.74) is 11.1. The third-order valence-corrected chi connectivity index (χ3v) is 11.3. The smallest absolute Gasteiger partial charge is 0.150 e. The fourth-order valence-corrected chi connectivity index (χ4v) is 7.90. The van der Waals surface area contributed by atoms with Gasteiger partial charge in [-0.1, -0.05) is 157 Å². The van der Waals surface area contributed by atoms with Crippen LogP contribution in [0.1, 0.15) is 5.82 Å². The van der Waals surface area contributed by atoms with E-state index in [1.165, 1.54) is 49.4 Å². The van der Waals surface area contributed by atoms with E-state index in [2.05, 4.69) is 186 Å². The summed E-state index contributed by atoms with van der Waals surface area (Å²) >= 11 is 0. The van der Waals surface area contributed by atoms with E-state index in [1.54, 1.807) is 0 Å². The number of hydrogen-bond donors (Lipinski definition) is 1. The van der Waals surface area contributed by atoms with Crippen molar-refractivity contribution in [3.8, 4) is 50.2 Å². The number of para-hydroxylation sites is 3. The molecule has 1 unspecified atom stereocenters. The summed E-state index contributed by atoms with van der Waals surface area (Å²) in [6.45, 7) is 0. The second kappa shape index (κ2) is 13.1. The van der Waals surface area contributed by atoms with E-state index in [0.29, 0.717) is 5.82 Å². The van der Waals surface area contributed by atoms with E-state index in [4.69, 9.17) is 4.98 Å². The molecule has 54 heavy (non-hydrogen) atoms. The van der Waals surface area contributed by atoms with Gasteiger partial charge in [-0.05, 0) is 84.8 Å². The largest absolute Gasteiger partial charge is 0.393 e. The van der Waals surface area contributed by atoms with Gasteiger partial charge in [0, 0.05) is 5.56 Å². The minimum Gasteiger partial charge on any atom is -0.393 e. The zero-order valence-corrected chi connectivity index (χ0v) is 31.1. The maximum Gasteiger partial charge on any atom is 0.150 e. The molecule has 0 saturated heterocycles. The Morgan fingerprint density at radius 2 is 0.944 bits per heavy atom. The predicted molar refractivity (Wildman–Crippen MR) is 239 cm³/mol. The molecule has 0 amide bonds. The van der Waals surface area contributed by atoms with E-state index in [-0.39, 0.29) is 0 Å². The topological polar surface area (TPSA) is 38.1 Å². The van der Waals surface area contributed by atoms with Crippen molar-refractivity contribution >= 4 is 64.0 Å². The van der Waals surface area contributed by atoms with Gasteiger partial charge in [0.2, 0.25) is 0 Å². The van der Waals surface area contributed by atoms with Gasteiger partial charge in [0.1, 0.15) is 5.82 Å². The molecule has 7 heteroatoms. The highest BCUT2D eigenvalue weighted by atomic mass is 16.3. The Morgan fingerprint density at radius 1 is 0.444 bits per heavy atom. The van der Waals surface area contributed by atoms with Crippen molar-refractivity contribution in [2.24, 2.45) is 0 Å². The summed E-state index contributed by atoms with van der Waals surface area (Å²) in [5.74, 6) is 0.632. The van der Waals surface area contributed by atoms with Crippen LogP contribution in [-0.2, 0) is 5.50 Å². The number of aliphatic hydroxyl groups is 1. The lowest BCUT2D eigenvalue weighted by Gasteiger charge is -2.37. The number of fused-ring (bicyclic) bond motifs is 3. The van der Waals surface area contributed by atoms with Gasteiger partial charge in [0.25, 0.3) is 0 Å². The van der Waals surface area contributed by atoms with E-state index >= 15 is 0 Å². The molecule has 1 aromatic heterocycles. The molecule has 0 spiro atoms. The maximum atomic E-state index is 12.0. The van der Waals surface area contributed by atoms with Crippen LogP contribution in [0.5, 0.6) is 0 Å². The fraction of sp³-hybridized carbons (Fsp3) is 0.0426. The molecule has 0 aliphatic carbocycles. The molecule has 8 aromatic carbocycles. The van der Waals surface area contributed by atoms with Crippen LogP contribution < -0.4 is 0 Å². The molecule has 1 atom stereocenters. The first kappa shape index (κ1) is 33.8. The highest BCUT2D eigenvalue weighted by Crippen LogP contribution is 2.45. The fourth-order valence-electron chi connectivity index (χ4n) is 7.90. The van der Waals surface area contributed by atoms with Crippen LogP contribution in [0.2, 0.25) is 5.11 Å². The molecule has 0 saturated carbocycles. The van der Waals surface area contributed by atoms with Gasteiger partial charge in [0.05, 0.1) is 45.8 Å². The molecular weight excluding hydrogens is 652 g/mol. The molecule has 0 aliphatic rings. The summed E-state index contributed by atoms with van der Waals surface area (Å²) in [6.07, 6.45) is 0. The van der Waals surface area contributed by atoms with Crippen LogP contribution >= 0.6 is 0 Å². The normalized spacial score (nSPS) is 13.0. The molecule has 254 valence electrons. The minimum atomic E-state index is -1.19. The van der Waals surface area contributed by atoms with Crippen molar-refractivity contribution in [1.82, 2.24) is 9.55 Å². The molecule has 0 radical (unpaired) electrons. The highest BCUT2D eigenvalue weighted by Gasteiger charge is 2.41. The van der Waals surface area contributed by atoms with Crippen LogP contribution in [0.25, 0.3) is 82.8 Å². The Hall–Kier alpha value is -6.03. The molecule has 0 bridgehead atoms. The van der Waals surface area contributed by atoms with E-state index in [1.807, 2.05) is 26.0 Å². The first-order valence-corrected chi connectivity index (χ1v) is 18.7. The standard InChI is InChI=1S/C47H38B4N2O/c48-46(54,47(49,50)51)45-52-40-22-9-11-24-42(40)53(45)41-23-10-8-17-35(41)31-25-27-32(28-26-31)43-36-18-4-6-20-38(36)44(39-21-7-5-19-37(39)43)34-16-12-15-33(29-34)30-13-2-1-3-14-30/h1-29,54H,48-51H2. The summed E-state index contributed by atoms with van der Waals surface area (Å²) in [6, 6.07) is 62.7. The van der Waals surface area contributed by atoms with Gasteiger partial charge in [-0.15, -0.1) is 0 Å². The molecular formula is C47H38B4N2O. The van der Waals surface area contributed by atoms with E-state index < -0.39 is 10.6 Å². The Morgan fingerprint density at radius 3 is 1.59 bits per heavy atom. The zero-order valence-electron chi connectivity index (χ0n) is 31.1. The lowest BCUT2D eigenvalue weighted by atomic mass is 9.32. The van der Waals surface area contributed by atoms with Crippen molar-refractivity contribution in [3.05, 3.63) is 182 Å². The summed E-state index contributed by atoms with van der Waals surface area (Å²) in [5, 5.41) is 16.5. The second-order valence-corrected chi connectivity index (χ2v) is 15.5. The first-order chi connectivity index (χ1) is 26.2. The number of hydrogen-bond acceptors (Lipinski definition) is 2. The van der Waals surface area contributed by atoms with Gasteiger partial charge in [-0.2, -0.15) is 0 Å². The van der Waals surface area contributed by atoms with Crippen molar-refractivity contribution < 1.29 is 5.11 Å². The van der Waals surface area contributed by atoms with Crippen molar-refractivity contribution in [3.63, 3.8) is 0 Å². The average Bonchev–Trinajstić information content (AvgIpc) is 3.60. The zero-order chi connectivity index (χ0) is 37.0. The summed E-state index contributed by atoms with van der Waals surface area (Å²) in [7, 11) is 8.05. The Balaban J connectivity index is 1.20. The van der Waals surface area contributed by atoms with Gasteiger partial charge in [-0.3, -0.25) is 4.57 Å². The lowest BCUT2D eigenvalue weighted by molar-refractivity contribution is 0.118. The summed E-state index contributed by atoms with van der Waals surface area (Å²) < 4.78 is 2.15. The van der Waals surface area contributed by atoms with Crippen molar-refractivity contribution in [1.29, 1.82) is 0 Å². The summed E-state index contributed by atoms with van der Waals surface area (Å²) in [4.78, 5) is 5.04. The van der Waals surface area contributed by atoms with Crippen LogP contribution in [0.15, 0.2) is 176 Å². The highest BCUT2D eigenvalue weighted by molar-refractivity contribution is 6.62. The third-order valence-electron chi connectivity index (χ3n) is 11.3. The number of benzene rings is 8. The first-order valence-electron chi connectivity index (χ1n) is 18.7. The third kappa shape index (κ3) is 5.59. The van der Waals surface area contributed by atoms with Gasteiger partial charge in [-0.25, -0.2) is 4.98 Å². The maximum absolute atomic E-state index is 12.0. The molecule has 9 rings (SSSR count). The minimum absolute atomic E-state index is 0.450. The SMILES string of the molecule is BC(B)(B)C(B)(O)c1nc2ccccc2n1-c1ccccc1-c1ccc(-c2c3ccccc3c(-c3cccc(-c4ccccc4)c3)c3ccccc23)cc1.